The van der Waals surface area contributed by atoms with Crippen LogP contribution in [0.2, 0.25) is 0 Å². The predicted molar refractivity (Wildman–Crippen MR) is 72.7 cm³/mol. The molecule has 0 spiro atoms. The number of hydrogen-bond acceptors (Lipinski definition) is 6. The third-order valence-corrected chi connectivity index (χ3v) is 3.44. The number of rotatable bonds is 6. The van der Waals surface area contributed by atoms with Crippen LogP contribution in [0, 0.1) is 5.69 Å². The quantitative estimate of drug-likeness (QED) is 0.311. The molecule has 12 heteroatoms. The maximum absolute atomic E-state index is 12.6. The molecule has 1 aliphatic heterocycles. The van der Waals surface area contributed by atoms with Gasteiger partial charge in [-0.25, -0.2) is 0 Å². The van der Waals surface area contributed by atoms with Crippen molar-refractivity contribution >= 4 is 29.2 Å². The first kappa shape index (κ1) is 17.9. The van der Waals surface area contributed by atoms with Gasteiger partial charge < -0.3 is 20.5 Å². The smallest absolute Gasteiger partial charge is 0.475 e. The highest BCUT2D eigenvalue weighted by molar-refractivity contribution is 8.15. The number of carboxylic acids is 1. The Kier molecular flexibility index (Phi) is 6.14. The lowest BCUT2D eigenvalue weighted by molar-refractivity contribution is -0.138. The van der Waals surface area contributed by atoms with Crippen molar-refractivity contribution in [2.24, 2.45) is 0 Å². The summed E-state index contributed by atoms with van der Waals surface area (Å²) in [6, 6.07) is -0.847. The zero-order valence-corrected chi connectivity index (χ0v) is 11.6. The summed E-state index contributed by atoms with van der Waals surface area (Å²) >= 11 is 0. The molecule has 120 valence electrons. The van der Waals surface area contributed by atoms with E-state index in [0.29, 0.717) is 0 Å². The third-order valence-electron chi connectivity index (χ3n) is 2.79. The minimum atomic E-state index is -4.53. The summed E-state index contributed by atoms with van der Waals surface area (Å²) in [7, 11) is -6.51. The van der Waals surface area contributed by atoms with Crippen molar-refractivity contribution in [1.82, 2.24) is 16.0 Å². The Labute approximate surface area is 121 Å². The van der Waals surface area contributed by atoms with Crippen LogP contribution < -0.4 is 16.0 Å². The molecule has 6 N–H and O–H groups in total. The Bertz CT molecular complexity index is 503. The summed E-state index contributed by atoms with van der Waals surface area (Å²) in [6.07, 6.45) is -0.706. The molecule has 0 aromatic heterocycles. The van der Waals surface area contributed by atoms with Crippen molar-refractivity contribution in [2.75, 3.05) is 12.3 Å². The number of halogens is 2. The van der Waals surface area contributed by atoms with Crippen molar-refractivity contribution in [2.45, 2.75) is 24.6 Å². The molecule has 0 aromatic rings. The molecule has 1 fully saturated rings. The largest absolute Gasteiger partial charge is 0.480 e. The highest BCUT2D eigenvalue weighted by atomic mass is 32.3. The number of amides is 1. The Morgan fingerprint density at radius 1 is 1.48 bits per heavy atom. The van der Waals surface area contributed by atoms with Crippen LogP contribution in [-0.2, 0) is 9.59 Å². The van der Waals surface area contributed by atoms with Gasteiger partial charge in [-0.2, -0.15) is 0 Å². The molecule has 3 atom stereocenters. The van der Waals surface area contributed by atoms with Gasteiger partial charge in [-0.3, -0.25) is 20.2 Å². The van der Waals surface area contributed by atoms with Gasteiger partial charge in [0.05, 0.1) is 12.1 Å². The van der Waals surface area contributed by atoms with Gasteiger partial charge in [-0.15, -0.1) is 7.77 Å². The fraction of sp³-hybridized carbons (Fsp3) is 0.667. The van der Waals surface area contributed by atoms with E-state index in [9.17, 15) is 17.4 Å². The second kappa shape index (κ2) is 7.21. The second-order valence-electron chi connectivity index (χ2n) is 4.61. The molecule has 0 aliphatic carbocycles. The summed E-state index contributed by atoms with van der Waals surface area (Å²) in [5.74, 6) is -4.64. The highest BCUT2D eigenvalue weighted by Gasteiger charge is 2.34. The van der Waals surface area contributed by atoms with E-state index in [4.69, 9.17) is 15.2 Å². The SMILES string of the molecule is C#S(F)(F)CC(=O)N[C@H](CC1NCC(C(=O)O)N1)B(O)O. The summed E-state index contributed by atoms with van der Waals surface area (Å²) < 4.78 is 25.1. The molecular weight excluding hydrogens is 311 g/mol. The first-order valence-electron chi connectivity index (χ1n) is 5.94. The van der Waals surface area contributed by atoms with Gasteiger partial charge in [-0.05, 0) is 6.42 Å². The van der Waals surface area contributed by atoms with Crippen LogP contribution in [0.5, 0.6) is 0 Å². The van der Waals surface area contributed by atoms with Crippen LogP contribution in [0.3, 0.4) is 0 Å². The number of aliphatic carboxylic acids is 1. The number of nitrogens with one attached hydrogen (secondary N) is 3. The van der Waals surface area contributed by atoms with E-state index in [-0.39, 0.29) is 13.0 Å². The van der Waals surface area contributed by atoms with E-state index in [0.717, 1.165) is 0 Å². The van der Waals surface area contributed by atoms with E-state index in [1.807, 2.05) is 5.32 Å². The molecular formula is C9H16BF2N3O5S. The van der Waals surface area contributed by atoms with E-state index >= 15 is 0 Å². The molecule has 0 aromatic carbocycles. The zero-order chi connectivity index (χ0) is 16.2. The molecule has 1 saturated heterocycles. The van der Waals surface area contributed by atoms with Crippen molar-refractivity contribution in [3.63, 3.8) is 0 Å². The summed E-state index contributed by atoms with van der Waals surface area (Å²) in [4.78, 5) is 22.0. The number of hydrogen-bond donors (Lipinski definition) is 6. The molecule has 0 saturated carbocycles. The Balaban J connectivity index is 2.54. The maximum atomic E-state index is 12.6. The number of carboxylic acid groups (broad SMARTS) is 1. The molecule has 21 heavy (non-hydrogen) atoms. The minimum absolute atomic E-state index is 0.0985. The molecule has 8 nitrogen and oxygen atoms in total. The maximum Gasteiger partial charge on any atom is 0.475 e. The highest BCUT2D eigenvalue weighted by Crippen LogP contribution is 2.33. The van der Waals surface area contributed by atoms with E-state index in [1.165, 1.54) is 0 Å². The van der Waals surface area contributed by atoms with Crippen molar-refractivity contribution in [1.29, 1.82) is 0 Å². The lowest BCUT2D eigenvalue weighted by atomic mass is 9.76. The zero-order valence-electron chi connectivity index (χ0n) is 10.8. The molecule has 1 aliphatic rings. The van der Waals surface area contributed by atoms with Gasteiger partial charge in [0.1, 0.15) is 22.0 Å². The third kappa shape index (κ3) is 6.42. The fourth-order valence-electron chi connectivity index (χ4n) is 1.86. The van der Waals surface area contributed by atoms with Crippen LogP contribution in [0.4, 0.5) is 7.77 Å². The Morgan fingerprint density at radius 2 is 2.10 bits per heavy atom. The average molecular weight is 327 g/mol. The van der Waals surface area contributed by atoms with Crippen LogP contribution in [-0.4, -0.2) is 64.6 Å². The molecule has 2 unspecified atom stereocenters. The fourth-order valence-corrected chi connectivity index (χ4v) is 2.30. The van der Waals surface area contributed by atoms with Gasteiger partial charge in [-0.1, -0.05) is 5.69 Å². The second-order valence-corrected chi connectivity index (χ2v) is 6.14. The number of carbonyl (C=O) groups excluding carboxylic acids is 1. The van der Waals surface area contributed by atoms with Crippen molar-refractivity contribution in [3.8, 4) is 5.69 Å². The van der Waals surface area contributed by atoms with Gasteiger partial charge >= 0.3 is 13.1 Å². The normalized spacial score (nSPS) is 23.6. The van der Waals surface area contributed by atoms with Gasteiger partial charge in [0.2, 0.25) is 5.91 Å². The topological polar surface area (TPSA) is 131 Å². The number of carbonyl (C=O) groups is 2. The Hall–Kier alpha value is -1.17. The summed E-state index contributed by atoms with van der Waals surface area (Å²) in [5.41, 5.74) is 4.48. The molecule has 0 radical (unpaired) electrons. The van der Waals surface area contributed by atoms with E-state index in [1.54, 1.807) is 0 Å². The summed E-state index contributed by atoms with van der Waals surface area (Å²) in [5, 5.41) is 34.5. The summed E-state index contributed by atoms with van der Waals surface area (Å²) in [6.45, 7) is 0.118. The first-order chi connectivity index (χ1) is 9.58. The lowest BCUT2D eigenvalue weighted by Gasteiger charge is -2.22. The van der Waals surface area contributed by atoms with Crippen LogP contribution >= 0.6 is 10.2 Å². The van der Waals surface area contributed by atoms with Crippen LogP contribution in [0.1, 0.15) is 6.42 Å². The lowest BCUT2D eigenvalue weighted by Crippen LogP contribution is -2.52. The molecule has 1 amide bonds. The molecule has 0 bridgehead atoms. The van der Waals surface area contributed by atoms with Gasteiger partial charge in [0.25, 0.3) is 0 Å². The van der Waals surface area contributed by atoms with E-state index < -0.39 is 53.1 Å². The van der Waals surface area contributed by atoms with Crippen LogP contribution in [0.25, 0.3) is 0 Å². The van der Waals surface area contributed by atoms with Crippen molar-refractivity contribution < 1.29 is 32.5 Å². The Morgan fingerprint density at radius 3 is 2.52 bits per heavy atom. The van der Waals surface area contributed by atoms with Crippen molar-refractivity contribution in [3.05, 3.63) is 0 Å². The molecule has 1 rings (SSSR count). The average Bonchev–Trinajstić information content (AvgIpc) is 2.74. The predicted octanol–water partition coefficient (Wildman–Crippen LogP) is -1.99. The van der Waals surface area contributed by atoms with Crippen LogP contribution in [0.15, 0.2) is 0 Å². The standard InChI is InChI=1S/C9H16BF2N3O5S/c1-21(11,12)4-8(16)15-6(10(19)20)2-7-13-3-5(14-7)9(17)18/h1,5-7,13-14,19-20H,2-4H2,(H,15,16)(H,17,18)/t5?,6-,7?/m1/s1. The minimum Gasteiger partial charge on any atom is -0.480 e. The van der Waals surface area contributed by atoms with Gasteiger partial charge in [0, 0.05) is 6.54 Å². The monoisotopic (exact) mass is 327 g/mol. The molecule has 1 heterocycles. The van der Waals surface area contributed by atoms with Gasteiger partial charge in [0.15, 0.2) is 0 Å². The first-order valence-corrected chi connectivity index (χ1v) is 7.61. The van der Waals surface area contributed by atoms with E-state index in [2.05, 4.69) is 16.3 Å².